The van der Waals surface area contributed by atoms with Gasteiger partial charge in [-0.25, -0.2) is 5.73 Å². The molecule has 1 rings (SSSR count). The first-order chi connectivity index (χ1) is 5.70. The van der Waals surface area contributed by atoms with Crippen LogP contribution in [0, 0.1) is 0 Å². The summed E-state index contributed by atoms with van der Waals surface area (Å²) in [4.78, 5) is 10.5. The molecule has 0 aromatic heterocycles. The fraction of sp³-hybridized carbons (Fsp3) is 0.222. The van der Waals surface area contributed by atoms with Crippen molar-refractivity contribution in [2.75, 3.05) is 0 Å². The molecule has 0 heterocycles. The van der Waals surface area contributed by atoms with Crippen LogP contribution < -0.4 is 11.5 Å². The van der Waals surface area contributed by atoms with Crippen LogP contribution in [0.1, 0.15) is 5.56 Å². The first-order valence-electron chi connectivity index (χ1n) is 3.74. The minimum Gasteiger partial charge on any atom is -0.368 e. The Labute approximate surface area is 71.4 Å². The summed E-state index contributed by atoms with van der Waals surface area (Å²) in [6.07, 6.45) is 0.399. The molecule has 1 atom stereocenters. The molecule has 0 spiro atoms. The second kappa shape index (κ2) is 3.88. The fourth-order valence-corrected chi connectivity index (χ4v) is 0.950. The predicted octanol–water partition coefficient (Wildman–Crippen LogP) is 0.366. The van der Waals surface area contributed by atoms with E-state index in [0.29, 0.717) is 6.42 Å². The zero-order valence-electron chi connectivity index (χ0n) is 6.66. The maximum absolute atomic E-state index is 10.5. The Hall–Kier alpha value is -1.35. The van der Waals surface area contributed by atoms with Crippen LogP contribution >= 0.6 is 0 Å². The number of primary amides is 1. The lowest BCUT2D eigenvalue weighted by Gasteiger charge is -2.04. The van der Waals surface area contributed by atoms with E-state index >= 15 is 0 Å². The minimum absolute atomic E-state index is 0.399. The number of benzene rings is 1. The van der Waals surface area contributed by atoms with Crippen molar-refractivity contribution in [1.29, 1.82) is 0 Å². The Bertz CT molecular complexity index is 258. The number of hydrogen-bond acceptors (Lipinski definition) is 1. The topological polar surface area (TPSA) is 66.9 Å². The molecule has 1 radical (unpaired) electrons. The smallest absolute Gasteiger partial charge is 0.236 e. The second-order valence-electron chi connectivity index (χ2n) is 2.64. The van der Waals surface area contributed by atoms with E-state index in [0.717, 1.165) is 5.56 Å². The molecular formula is C9H11N2O. The molecular weight excluding hydrogens is 152 g/mol. The van der Waals surface area contributed by atoms with Gasteiger partial charge in [0.15, 0.2) is 0 Å². The van der Waals surface area contributed by atoms with Crippen LogP contribution in [0.5, 0.6) is 0 Å². The summed E-state index contributed by atoms with van der Waals surface area (Å²) >= 11 is 0. The lowest BCUT2D eigenvalue weighted by Crippen LogP contribution is -2.31. The van der Waals surface area contributed by atoms with Crippen LogP contribution in [0.4, 0.5) is 0 Å². The summed E-state index contributed by atoms with van der Waals surface area (Å²) in [5.74, 6) is -0.571. The molecule has 3 N–H and O–H groups in total. The lowest BCUT2D eigenvalue weighted by molar-refractivity contribution is -0.119. The van der Waals surface area contributed by atoms with Crippen LogP contribution in [-0.2, 0) is 11.2 Å². The van der Waals surface area contributed by atoms with Crippen LogP contribution in [0.2, 0.25) is 0 Å². The van der Waals surface area contributed by atoms with E-state index in [1.54, 1.807) is 0 Å². The molecule has 0 bridgehead atoms. The third-order valence-corrected chi connectivity index (χ3v) is 1.63. The highest BCUT2D eigenvalue weighted by molar-refractivity contribution is 5.79. The normalized spacial score (nSPS) is 12.4. The maximum Gasteiger partial charge on any atom is 0.236 e. The van der Waals surface area contributed by atoms with Gasteiger partial charge in [-0.3, -0.25) is 4.79 Å². The van der Waals surface area contributed by atoms with Crippen molar-refractivity contribution in [2.24, 2.45) is 5.73 Å². The van der Waals surface area contributed by atoms with Crippen molar-refractivity contribution in [3.05, 3.63) is 35.9 Å². The summed E-state index contributed by atoms with van der Waals surface area (Å²) in [5.41, 5.74) is 13.2. The number of rotatable bonds is 3. The molecule has 3 heteroatoms. The quantitative estimate of drug-likeness (QED) is 0.687. The predicted molar refractivity (Wildman–Crippen MR) is 46.2 cm³/mol. The van der Waals surface area contributed by atoms with Gasteiger partial charge in [0, 0.05) is 0 Å². The van der Waals surface area contributed by atoms with E-state index in [1.807, 2.05) is 30.3 Å². The Kier molecular flexibility index (Phi) is 2.82. The fourth-order valence-electron chi connectivity index (χ4n) is 0.950. The molecule has 0 saturated heterocycles. The lowest BCUT2D eigenvalue weighted by atomic mass is 10.1. The van der Waals surface area contributed by atoms with E-state index in [2.05, 4.69) is 0 Å². The van der Waals surface area contributed by atoms with E-state index in [9.17, 15) is 4.79 Å². The molecule has 0 aliphatic carbocycles. The van der Waals surface area contributed by atoms with Crippen molar-refractivity contribution in [2.45, 2.75) is 12.5 Å². The van der Waals surface area contributed by atoms with Crippen LogP contribution in [0.15, 0.2) is 30.3 Å². The van der Waals surface area contributed by atoms with Crippen molar-refractivity contribution in [3.8, 4) is 0 Å². The van der Waals surface area contributed by atoms with Gasteiger partial charge in [0.25, 0.3) is 0 Å². The van der Waals surface area contributed by atoms with Crippen LogP contribution in [-0.4, -0.2) is 11.9 Å². The number of carbonyl (C=O) groups is 1. The van der Waals surface area contributed by atoms with Crippen molar-refractivity contribution in [3.63, 3.8) is 0 Å². The van der Waals surface area contributed by atoms with Gasteiger partial charge in [-0.2, -0.15) is 0 Å². The second-order valence-corrected chi connectivity index (χ2v) is 2.64. The van der Waals surface area contributed by atoms with Gasteiger partial charge < -0.3 is 5.73 Å². The number of amides is 1. The van der Waals surface area contributed by atoms with E-state index in [1.165, 1.54) is 0 Å². The Morgan fingerprint density at radius 1 is 1.42 bits per heavy atom. The Morgan fingerprint density at radius 3 is 2.50 bits per heavy atom. The molecule has 0 aliphatic rings. The molecule has 1 aromatic rings. The molecule has 1 aromatic carbocycles. The zero-order chi connectivity index (χ0) is 8.97. The highest BCUT2D eigenvalue weighted by atomic mass is 16.1. The van der Waals surface area contributed by atoms with Crippen molar-refractivity contribution < 1.29 is 4.79 Å². The molecule has 0 aliphatic heterocycles. The van der Waals surface area contributed by atoms with Crippen molar-refractivity contribution >= 4 is 5.91 Å². The molecule has 0 fully saturated rings. The van der Waals surface area contributed by atoms with Gasteiger partial charge in [-0.1, -0.05) is 30.3 Å². The van der Waals surface area contributed by atoms with Gasteiger partial charge in [-0.15, -0.1) is 0 Å². The minimum atomic E-state index is -0.826. The highest BCUT2D eigenvalue weighted by Crippen LogP contribution is 2.01. The van der Waals surface area contributed by atoms with Crippen LogP contribution in [0.25, 0.3) is 0 Å². The number of hydrogen-bond donors (Lipinski definition) is 1. The van der Waals surface area contributed by atoms with Gasteiger partial charge in [-0.05, 0) is 12.0 Å². The summed E-state index contributed by atoms with van der Waals surface area (Å²) in [6.45, 7) is 0. The first-order valence-corrected chi connectivity index (χ1v) is 3.74. The summed E-state index contributed by atoms with van der Waals surface area (Å²) in [6, 6.07) is 8.58. The SMILES string of the molecule is [NH][C@@H](Cc1ccccc1)C(N)=O. The van der Waals surface area contributed by atoms with E-state index in [-0.39, 0.29) is 0 Å². The summed E-state index contributed by atoms with van der Waals surface area (Å²) in [7, 11) is 0. The van der Waals surface area contributed by atoms with E-state index < -0.39 is 11.9 Å². The average molecular weight is 163 g/mol. The summed E-state index contributed by atoms with van der Waals surface area (Å²) < 4.78 is 0. The summed E-state index contributed by atoms with van der Waals surface area (Å²) in [5, 5.41) is 0. The first kappa shape index (κ1) is 8.74. The Morgan fingerprint density at radius 2 is 2.00 bits per heavy atom. The molecule has 0 unspecified atom stereocenters. The maximum atomic E-state index is 10.5. The third kappa shape index (κ3) is 2.36. The standard InChI is InChI=1S/C9H11N2O/c10-8(9(11)12)6-7-4-2-1-3-5-7/h1-5,8,10H,6H2,(H2,11,12)/t8-/m0/s1. The molecule has 3 nitrogen and oxygen atoms in total. The van der Waals surface area contributed by atoms with Crippen LogP contribution in [0.3, 0.4) is 0 Å². The largest absolute Gasteiger partial charge is 0.368 e. The monoisotopic (exact) mass is 163 g/mol. The Balaban J connectivity index is 2.58. The molecule has 0 saturated carbocycles. The molecule has 63 valence electrons. The highest BCUT2D eigenvalue weighted by Gasteiger charge is 2.09. The molecule has 1 amide bonds. The van der Waals surface area contributed by atoms with Gasteiger partial charge >= 0.3 is 0 Å². The van der Waals surface area contributed by atoms with Crippen molar-refractivity contribution in [1.82, 2.24) is 5.73 Å². The number of carbonyl (C=O) groups excluding carboxylic acids is 1. The third-order valence-electron chi connectivity index (χ3n) is 1.63. The van der Waals surface area contributed by atoms with E-state index in [4.69, 9.17) is 11.5 Å². The number of nitrogens with two attached hydrogens (primary N) is 1. The van der Waals surface area contributed by atoms with Gasteiger partial charge in [0.1, 0.15) is 6.04 Å². The zero-order valence-corrected chi connectivity index (χ0v) is 6.66. The molecule has 12 heavy (non-hydrogen) atoms. The number of nitrogens with one attached hydrogen (secondary N) is 1. The van der Waals surface area contributed by atoms with Gasteiger partial charge in [0.2, 0.25) is 5.91 Å². The van der Waals surface area contributed by atoms with Gasteiger partial charge in [0.05, 0.1) is 0 Å². The average Bonchev–Trinajstić information content (AvgIpc) is 2.06.